The highest BCUT2D eigenvalue weighted by Gasteiger charge is 2.28. The molecule has 0 bridgehead atoms. The van der Waals surface area contributed by atoms with Gasteiger partial charge in [0.05, 0.1) is 0 Å². The van der Waals surface area contributed by atoms with Crippen molar-refractivity contribution in [2.45, 2.75) is 26.2 Å². The second-order valence-corrected chi connectivity index (χ2v) is 3.85. The maximum Gasteiger partial charge on any atom is -0.0251 e. The molecule has 2 atom stereocenters. The largest absolute Gasteiger partial charge is 0.137 e. The van der Waals surface area contributed by atoms with Crippen LogP contribution in [-0.4, -0.2) is 6.16 Å². The van der Waals surface area contributed by atoms with Crippen molar-refractivity contribution in [2.24, 2.45) is 5.41 Å². The standard InChI is InChI=1S/C8H15P/c1-7-3-4-8(2,5-7)6-9/h1,3-6,9H2,2H3. The molecule has 52 valence electrons. The SMILES string of the molecule is C=C1CCC(C)(CP)C1. The van der Waals surface area contributed by atoms with Gasteiger partial charge in [0.15, 0.2) is 0 Å². The van der Waals surface area contributed by atoms with E-state index < -0.39 is 0 Å². The molecule has 1 fully saturated rings. The van der Waals surface area contributed by atoms with E-state index in [-0.39, 0.29) is 0 Å². The lowest BCUT2D eigenvalue weighted by Crippen LogP contribution is -2.11. The van der Waals surface area contributed by atoms with Crippen LogP contribution < -0.4 is 0 Å². The van der Waals surface area contributed by atoms with Crippen molar-refractivity contribution < 1.29 is 0 Å². The van der Waals surface area contributed by atoms with E-state index in [1.165, 1.54) is 31.0 Å². The molecule has 0 heterocycles. The monoisotopic (exact) mass is 142 g/mol. The summed E-state index contributed by atoms with van der Waals surface area (Å²) in [5.74, 6) is 0. The summed E-state index contributed by atoms with van der Waals surface area (Å²) in [6, 6.07) is 0. The topological polar surface area (TPSA) is 0 Å². The first kappa shape index (κ1) is 7.28. The summed E-state index contributed by atoms with van der Waals surface area (Å²) in [5.41, 5.74) is 2.02. The van der Waals surface area contributed by atoms with Crippen LogP contribution in [0.25, 0.3) is 0 Å². The maximum absolute atomic E-state index is 3.99. The molecule has 1 saturated carbocycles. The normalized spacial score (nSPS) is 35.6. The summed E-state index contributed by atoms with van der Waals surface area (Å²) in [4.78, 5) is 0. The first-order chi connectivity index (χ1) is 4.16. The lowest BCUT2D eigenvalue weighted by molar-refractivity contribution is 0.399. The average Bonchev–Trinajstić information content (AvgIpc) is 2.13. The molecule has 0 aromatic carbocycles. The Bertz CT molecular complexity index is 129. The van der Waals surface area contributed by atoms with Crippen molar-refractivity contribution >= 4 is 9.24 Å². The van der Waals surface area contributed by atoms with E-state index in [9.17, 15) is 0 Å². The van der Waals surface area contributed by atoms with E-state index in [1.54, 1.807) is 0 Å². The number of allylic oxidation sites excluding steroid dienone is 1. The molecule has 9 heavy (non-hydrogen) atoms. The minimum atomic E-state index is 0.571. The van der Waals surface area contributed by atoms with Crippen molar-refractivity contribution in [2.75, 3.05) is 6.16 Å². The van der Waals surface area contributed by atoms with Gasteiger partial charge in [-0.3, -0.25) is 0 Å². The van der Waals surface area contributed by atoms with Crippen LogP contribution in [0.2, 0.25) is 0 Å². The van der Waals surface area contributed by atoms with E-state index in [1.807, 2.05) is 0 Å². The molecular formula is C8H15P. The van der Waals surface area contributed by atoms with Gasteiger partial charge < -0.3 is 0 Å². The third-order valence-corrected chi connectivity index (χ3v) is 3.24. The highest BCUT2D eigenvalue weighted by molar-refractivity contribution is 7.16. The molecule has 0 nitrogen and oxygen atoms in total. The van der Waals surface area contributed by atoms with Crippen molar-refractivity contribution in [1.29, 1.82) is 0 Å². The highest BCUT2D eigenvalue weighted by atomic mass is 31.0. The molecule has 1 aliphatic carbocycles. The summed E-state index contributed by atoms with van der Waals surface area (Å²) in [5, 5.41) is 0. The molecule has 1 aliphatic rings. The third kappa shape index (κ3) is 1.55. The Hall–Kier alpha value is 0.170. The van der Waals surface area contributed by atoms with Crippen molar-refractivity contribution in [3.05, 3.63) is 12.2 Å². The van der Waals surface area contributed by atoms with Crippen molar-refractivity contribution in [1.82, 2.24) is 0 Å². The van der Waals surface area contributed by atoms with E-state index in [4.69, 9.17) is 0 Å². The predicted molar refractivity (Wildman–Crippen MR) is 45.7 cm³/mol. The lowest BCUT2D eigenvalue weighted by Gasteiger charge is -2.19. The van der Waals surface area contributed by atoms with Crippen LogP contribution in [0.3, 0.4) is 0 Å². The van der Waals surface area contributed by atoms with Gasteiger partial charge in [0, 0.05) is 0 Å². The molecular weight excluding hydrogens is 127 g/mol. The van der Waals surface area contributed by atoms with Gasteiger partial charge in [-0.2, -0.15) is 0 Å². The Morgan fingerprint density at radius 3 is 2.67 bits per heavy atom. The van der Waals surface area contributed by atoms with Crippen LogP contribution >= 0.6 is 9.24 Å². The van der Waals surface area contributed by atoms with Crippen LogP contribution in [0.1, 0.15) is 26.2 Å². The van der Waals surface area contributed by atoms with Gasteiger partial charge in [-0.25, -0.2) is 0 Å². The van der Waals surface area contributed by atoms with Gasteiger partial charge in [0.1, 0.15) is 0 Å². The van der Waals surface area contributed by atoms with Gasteiger partial charge in [-0.05, 0) is 30.8 Å². The molecule has 0 spiro atoms. The fraction of sp³-hybridized carbons (Fsp3) is 0.750. The predicted octanol–water partition coefficient (Wildman–Crippen LogP) is 2.61. The summed E-state index contributed by atoms with van der Waals surface area (Å²) < 4.78 is 0. The maximum atomic E-state index is 3.99. The first-order valence-corrected chi connectivity index (χ1v) is 4.35. The minimum absolute atomic E-state index is 0.571. The summed E-state index contributed by atoms with van der Waals surface area (Å²) in [6.45, 7) is 6.33. The van der Waals surface area contributed by atoms with Crippen LogP contribution in [0.5, 0.6) is 0 Å². The lowest BCUT2D eigenvalue weighted by atomic mass is 9.91. The zero-order valence-corrected chi connectivity index (χ0v) is 7.27. The second kappa shape index (κ2) is 2.42. The zero-order valence-electron chi connectivity index (χ0n) is 6.11. The zero-order chi connectivity index (χ0) is 6.91. The van der Waals surface area contributed by atoms with E-state index in [0.717, 1.165) is 0 Å². The van der Waals surface area contributed by atoms with Gasteiger partial charge in [-0.1, -0.05) is 19.1 Å². The van der Waals surface area contributed by atoms with Gasteiger partial charge in [-0.15, -0.1) is 9.24 Å². The molecule has 0 amide bonds. The van der Waals surface area contributed by atoms with Crippen LogP contribution in [0, 0.1) is 5.41 Å². The summed E-state index contributed by atoms with van der Waals surface area (Å²) in [7, 11) is 2.83. The number of hydrogen-bond donors (Lipinski definition) is 0. The first-order valence-electron chi connectivity index (χ1n) is 3.53. The average molecular weight is 142 g/mol. The van der Waals surface area contributed by atoms with Gasteiger partial charge in [0.25, 0.3) is 0 Å². The van der Waals surface area contributed by atoms with Gasteiger partial charge in [0.2, 0.25) is 0 Å². The molecule has 0 N–H and O–H groups in total. The second-order valence-electron chi connectivity index (χ2n) is 3.44. The quantitative estimate of drug-likeness (QED) is 0.390. The molecule has 1 rings (SSSR count). The minimum Gasteiger partial charge on any atom is -0.137 e. The fourth-order valence-corrected chi connectivity index (χ4v) is 1.78. The Kier molecular flexibility index (Phi) is 1.96. The molecule has 0 aliphatic heterocycles. The Morgan fingerprint density at radius 1 is 1.78 bits per heavy atom. The molecule has 2 unspecified atom stereocenters. The van der Waals surface area contributed by atoms with E-state index >= 15 is 0 Å². The van der Waals surface area contributed by atoms with Crippen molar-refractivity contribution in [3.63, 3.8) is 0 Å². The molecule has 1 heteroatoms. The molecule has 0 saturated heterocycles. The molecule has 0 aromatic rings. The smallest absolute Gasteiger partial charge is 0.0251 e. The Morgan fingerprint density at radius 2 is 2.44 bits per heavy atom. The van der Waals surface area contributed by atoms with Crippen LogP contribution in [0.4, 0.5) is 0 Å². The number of rotatable bonds is 1. The Balaban J connectivity index is 2.54. The molecule has 0 radical (unpaired) electrons. The van der Waals surface area contributed by atoms with Crippen molar-refractivity contribution in [3.8, 4) is 0 Å². The molecule has 0 aromatic heterocycles. The van der Waals surface area contributed by atoms with Crippen LogP contribution in [-0.2, 0) is 0 Å². The Labute approximate surface area is 59.9 Å². The summed E-state index contributed by atoms with van der Waals surface area (Å²) in [6.07, 6.45) is 5.07. The third-order valence-electron chi connectivity index (χ3n) is 2.25. The fourth-order valence-electron chi connectivity index (χ4n) is 1.43. The summed E-state index contributed by atoms with van der Waals surface area (Å²) >= 11 is 0. The van der Waals surface area contributed by atoms with Gasteiger partial charge >= 0.3 is 0 Å². The number of hydrogen-bond acceptors (Lipinski definition) is 0. The highest BCUT2D eigenvalue weighted by Crippen LogP contribution is 2.41. The van der Waals surface area contributed by atoms with E-state index in [2.05, 4.69) is 22.7 Å². The van der Waals surface area contributed by atoms with E-state index in [0.29, 0.717) is 5.41 Å². The van der Waals surface area contributed by atoms with Crippen LogP contribution in [0.15, 0.2) is 12.2 Å².